The summed E-state index contributed by atoms with van der Waals surface area (Å²) >= 11 is 0. The first-order chi connectivity index (χ1) is 12.8. The fraction of sp³-hybridized carbons (Fsp3) is 0.545. The lowest BCUT2D eigenvalue weighted by molar-refractivity contribution is -0.182. The van der Waals surface area contributed by atoms with E-state index in [1.807, 2.05) is 17.0 Å². The molecule has 2 amide bonds. The molecule has 4 fully saturated rings. The molecule has 5 heteroatoms. The van der Waals surface area contributed by atoms with Crippen molar-refractivity contribution in [3.8, 4) is 0 Å². The number of rotatable bonds is 0. The van der Waals surface area contributed by atoms with Crippen LogP contribution in [0.1, 0.15) is 44.9 Å². The number of carbonyl (C=O) groups is 2. The third-order valence-corrected chi connectivity index (χ3v) is 8.33. The molecule has 0 radical (unpaired) electrons. The number of nitrogens with one attached hydrogen (secondary N) is 2. The highest BCUT2D eigenvalue weighted by molar-refractivity contribution is 6.06. The van der Waals surface area contributed by atoms with Crippen LogP contribution in [0.5, 0.6) is 0 Å². The Balaban J connectivity index is 1.63. The molecule has 2 bridgehead atoms. The summed E-state index contributed by atoms with van der Waals surface area (Å²) < 4.78 is 0. The van der Waals surface area contributed by atoms with Crippen LogP contribution in [0.3, 0.4) is 0 Å². The summed E-state index contributed by atoms with van der Waals surface area (Å²) in [7, 11) is 0. The van der Waals surface area contributed by atoms with Gasteiger partial charge in [0.15, 0.2) is 0 Å². The van der Waals surface area contributed by atoms with Crippen molar-refractivity contribution < 1.29 is 9.59 Å². The second kappa shape index (κ2) is 4.40. The number of amides is 2. The lowest BCUT2D eigenvalue weighted by atomic mass is 9.50. The van der Waals surface area contributed by atoms with Crippen LogP contribution in [0.15, 0.2) is 24.3 Å². The minimum atomic E-state index is -0.801. The molecule has 2 aromatic rings. The van der Waals surface area contributed by atoms with Gasteiger partial charge >= 0.3 is 0 Å². The molecule has 1 aromatic heterocycles. The first kappa shape index (κ1) is 15.7. The van der Waals surface area contributed by atoms with E-state index >= 15 is 0 Å². The molecule has 1 aromatic carbocycles. The van der Waals surface area contributed by atoms with Crippen molar-refractivity contribution in [2.45, 2.75) is 56.5 Å². The second-order valence-electron chi connectivity index (χ2n) is 9.68. The molecule has 7 rings (SSSR count). The Labute approximate surface area is 158 Å². The number of piperazine rings is 1. The van der Waals surface area contributed by atoms with Crippen LogP contribution < -0.4 is 5.32 Å². The number of fused-ring (bicyclic) bond motifs is 4. The van der Waals surface area contributed by atoms with Crippen LogP contribution >= 0.6 is 0 Å². The number of para-hydroxylation sites is 1. The number of carbonyl (C=O) groups excluding carboxylic acids is 2. The van der Waals surface area contributed by atoms with E-state index in [2.05, 4.69) is 43.2 Å². The molecule has 4 atom stereocenters. The minimum Gasteiger partial charge on any atom is -0.358 e. The first-order valence-corrected chi connectivity index (χ1v) is 10.1. The molecule has 140 valence electrons. The first-order valence-electron chi connectivity index (χ1n) is 10.1. The Kier molecular flexibility index (Phi) is 2.56. The average molecular weight is 363 g/mol. The van der Waals surface area contributed by atoms with E-state index < -0.39 is 11.1 Å². The highest BCUT2D eigenvalue weighted by Gasteiger charge is 2.74. The summed E-state index contributed by atoms with van der Waals surface area (Å²) in [6.45, 7) is 7.33. The van der Waals surface area contributed by atoms with E-state index in [4.69, 9.17) is 0 Å². The van der Waals surface area contributed by atoms with Gasteiger partial charge in [0.2, 0.25) is 11.8 Å². The highest BCUT2D eigenvalue weighted by atomic mass is 16.2. The lowest BCUT2D eigenvalue weighted by Gasteiger charge is -2.64. The monoisotopic (exact) mass is 363 g/mol. The summed E-state index contributed by atoms with van der Waals surface area (Å²) in [5.41, 5.74) is 1.89. The Morgan fingerprint density at radius 1 is 1.19 bits per heavy atom. The summed E-state index contributed by atoms with van der Waals surface area (Å²) in [5, 5.41) is 4.45. The topological polar surface area (TPSA) is 65.2 Å². The Morgan fingerprint density at radius 2 is 1.96 bits per heavy atom. The molecule has 0 unspecified atom stereocenters. The molecule has 5 heterocycles. The summed E-state index contributed by atoms with van der Waals surface area (Å²) in [6.07, 6.45) is 2.27. The molecule has 5 aliphatic rings. The number of hydrogen-bond donors (Lipinski definition) is 2. The molecule has 2 spiro atoms. The maximum atomic E-state index is 13.8. The average Bonchev–Trinajstić information content (AvgIpc) is 3.17. The SMILES string of the molecule is C[C@H]1CCN2C(=O)[C@@]34Cc5c([nH]c6ccccc56)C(C)(C)[C@H]3C[C@]12C(=O)N4. The predicted octanol–water partition coefficient (Wildman–Crippen LogP) is 2.50. The number of hydrogen-bond acceptors (Lipinski definition) is 2. The number of piperidine rings is 2. The van der Waals surface area contributed by atoms with Crippen LogP contribution in [-0.2, 0) is 21.4 Å². The quantitative estimate of drug-likeness (QED) is 0.755. The molecular formula is C22H25N3O2. The summed E-state index contributed by atoms with van der Waals surface area (Å²) in [6, 6.07) is 8.31. The third kappa shape index (κ3) is 1.48. The van der Waals surface area contributed by atoms with Crippen LogP contribution in [0.2, 0.25) is 0 Å². The molecular weight excluding hydrogens is 338 g/mol. The minimum absolute atomic E-state index is 0.0717. The molecule has 2 N–H and O–H groups in total. The van der Waals surface area contributed by atoms with Crippen molar-refractivity contribution >= 4 is 22.7 Å². The van der Waals surface area contributed by atoms with Gasteiger partial charge in [0.1, 0.15) is 11.1 Å². The van der Waals surface area contributed by atoms with E-state index in [1.54, 1.807) is 0 Å². The van der Waals surface area contributed by atoms with E-state index in [0.29, 0.717) is 13.0 Å². The van der Waals surface area contributed by atoms with E-state index in [0.717, 1.165) is 18.4 Å². The van der Waals surface area contributed by atoms with Crippen molar-refractivity contribution in [1.29, 1.82) is 0 Å². The molecule has 1 aliphatic carbocycles. The van der Waals surface area contributed by atoms with Gasteiger partial charge in [0.05, 0.1) is 0 Å². The maximum absolute atomic E-state index is 13.8. The van der Waals surface area contributed by atoms with Gasteiger partial charge in [0, 0.05) is 40.9 Å². The Morgan fingerprint density at radius 3 is 2.78 bits per heavy atom. The number of nitrogens with zero attached hydrogens (tertiary/aromatic N) is 1. The normalized spacial score (nSPS) is 38.6. The van der Waals surface area contributed by atoms with E-state index in [-0.39, 0.29) is 29.1 Å². The molecule has 5 nitrogen and oxygen atoms in total. The standard InChI is InChI=1S/C22H25N3O2/c1-12-8-9-25-19(27)21-10-14-13-6-4-5-7-15(13)23-17(14)20(2,3)16(21)11-22(12,25)18(26)24-21/h4-7,12,16,23H,8-11H2,1-3H3,(H,24,26)/t12-,16+,21+,22+/m0/s1. The number of benzene rings is 1. The van der Waals surface area contributed by atoms with Gasteiger partial charge in [-0.15, -0.1) is 0 Å². The number of aromatic nitrogens is 1. The van der Waals surface area contributed by atoms with Gasteiger partial charge in [-0.25, -0.2) is 0 Å². The predicted molar refractivity (Wildman–Crippen MR) is 102 cm³/mol. The zero-order chi connectivity index (χ0) is 18.8. The van der Waals surface area contributed by atoms with Gasteiger partial charge < -0.3 is 15.2 Å². The lowest BCUT2D eigenvalue weighted by Crippen LogP contribution is -2.85. The van der Waals surface area contributed by atoms with Crippen molar-refractivity contribution in [1.82, 2.24) is 15.2 Å². The summed E-state index contributed by atoms with van der Waals surface area (Å²) in [4.78, 5) is 32.6. The van der Waals surface area contributed by atoms with Gasteiger partial charge in [-0.3, -0.25) is 9.59 Å². The zero-order valence-electron chi connectivity index (χ0n) is 16.1. The van der Waals surface area contributed by atoms with Crippen molar-refractivity contribution in [3.63, 3.8) is 0 Å². The third-order valence-electron chi connectivity index (χ3n) is 8.33. The molecule has 4 aliphatic heterocycles. The van der Waals surface area contributed by atoms with E-state index in [1.165, 1.54) is 16.6 Å². The van der Waals surface area contributed by atoms with E-state index in [9.17, 15) is 9.59 Å². The summed E-state index contributed by atoms with van der Waals surface area (Å²) in [5.74, 6) is 0.529. The fourth-order valence-corrected chi connectivity index (χ4v) is 6.89. The van der Waals surface area contributed by atoms with Crippen molar-refractivity contribution in [3.05, 3.63) is 35.5 Å². The van der Waals surface area contributed by atoms with Gasteiger partial charge in [-0.1, -0.05) is 39.0 Å². The Hall–Kier alpha value is -2.30. The van der Waals surface area contributed by atoms with Crippen LogP contribution in [0.25, 0.3) is 10.9 Å². The molecule has 27 heavy (non-hydrogen) atoms. The maximum Gasteiger partial charge on any atom is 0.249 e. The smallest absolute Gasteiger partial charge is 0.249 e. The second-order valence-corrected chi connectivity index (χ2v) is 9.68. The van der Waals surface area contributed by atoms with Gasteiger partial charge in [-0.2, -0.15) is 0 Å². The van der Waals surface area contributed by atoms with Crippen molar-refractivity contribution in [2.24, 2.45) is 11.8 Å². The van der Waals surface area contributed by atoms with Gasteiger partial charge in [0.25, 0.3) is 0 Å². The van der Waals surface area contributed by atoms with Gasteiger partial charge in [-0.05, 0) is 30.4 Å². The molecule has 0 saturated carbocycles. The number of H-pyrrole nitrogens is 1. The van der Waals surface area contributed by atoms with Crippen LogP contribution in [0, 0.1) is 11.8 Å². The Bertz CT molecular complexity index is 1040. The van der Waals surface area contributed by atoms with Crippen LogP contribution in [-0.4, -0.2) is 39.3 Å². The highest BCUT2D eigenvalue weighted by Crippen LogP contribution is 2.60. The zero-order valence-corrected chi connectivity index (χ0v) is 16.1. The fourth-order valence-electron chi connectivity index (χ4n) is 6.89. The largest absolute Gasteiger partial charge is 0.358 e. The molecule has 4 saturated heterocycles. The number of aromatic amines is 1. The van der Waals surface area contributed by atoms with Crippen molar-refractivity contribution in [2.75, 3.05) is 6.54 Å². The van der Waals surface area contributed by atoms with Crippen LogP contribution in [0.4, 0.5) is 0 Å².